The van der Waals surface area contributed by atoms with Gasteiger partial charge in [-0.25, -0.2) is 4.99 Å². The maximum Gasteiger partial charge on any atom is 0.272 e. The summed E-state index contributed by atoms with van der Waals surface area (Å²) in [5, 5.41) is 2.70. The van der Waals surface area contributed by atoms with Crippen molar-refractivity contribution in [3.8, 4) is 0 Å². The van der Waals surface area contributed by atoms with Crippen LogP contribution in [0.3, 0.4) is 0 Å². The molecule has 0 saturated carbocycles. The lowest BCUT2D eigenvalue weighted by Gasteiger charge is -1.99. The number of thiocarbonyl (C=S) groups is 1. The summed E-state index contributed by atoms with van der Waals surface area (Å²) >= 11 is 4.78. The van der Waals surface area contributed by atoms with Crippen LogP contribution in [0.2, 0.25) is 0 Å². The average Bonchev–Trinajstić information content (AvgIpc) is 2.45. The minimum absolute atomic E-state index is 0.219. The molecule has 0 unspecified atom stereocenters. The van der Waals surface area contributed by atoms with E-state index in [0.717, 1.165) is 11.4 Å². The van der Waals surface area contributed by atoms with Crippen LogP contribution >= 0.6 is 12.2 Å². The van der Waals surface area contributed by atoms with E-state index in [4.69, 9.17) is 12.2 Å². The van der Waals surface area contributed by atoms with E-state index in [1.165, 1.54) is 0 Å². The summed E-state index contributed by atoms with van der Waals surface area (Å²) in [5.74, 6) is -0.219. The van der Waals surface area contributed by atoms with Gasteiger partial charge in [-0.3, -0.25) is 15.1 Å². The second-order valence-corrected chi connectivity index (χ2v) is 3.65. The molecule has 0 atom stereocenters. The number of nitrogens with one attached hydrogen (secondary N) is 1. The molecule has 1 aromatic heterocycles. The van der Waals surface area contributed by atoms with E-state index >= 15 is 0 Å². The third-order valence-electron chi connectivity index (χ3n) is 2.01. The smallest absolute Gasteiger partial charge is 0.272 e. The molecule has 0 radical (unpaired) electrons. The van der Waals surface area contributed by atoms with Crippen molar-refractivity contribution in [3.63, 3.8) is 0 Å². The first-order chi connectivity index (χ1) is 7.15. The van der Waals surface area contributed by atoms with E-state index in [1.54, 1.807) is 0 Å². The molecule has 76 valence electrons. The molecule has 0 saturated heterocycles. The van der Waals surface area contributed by atoms with Crippen molar-refractivity contribution in [2.45, 2.75) is 13.3 Å². The standard InChI is InChI=1S/C10H9N3OS/c1-6-3-2-4-7(11-6)5-8-9(14)13-10(15)12-8/h2-4H,5H2,1H3,(H,13,14,15). The molecule has 0 fully saturated rings. The first kappa shape index (κ1) is 9.92. The number of carbonyl (C=O) groups is 1. The van der Waals surface area contributed by atoms with Gasteiger partial charge in [0, 0.05) is 17.8 Å². The highest BCUT2D eigenvalue weighted by atomic mass is 32.1. The number of carbonyl (C=O) groups excluding carboxylic acids is 1. The van der Waals surface area contributed by atoms with E-state index in [1.807, 2.05) is 25.1 Å². The first-order valence-electron chi connectivity index (χ1n) is 4.50. The quantitative estimate of drug-likeness (QED) is 0.748. The Kier molecular flexibility index (Phi) is 2.55. The van der Waals surface area contributed by atoms with Crippen LogP contribution in [0.15, 0.2) is 23.2 Å². The SMILES string of the molecule is Cc1cccc(CC2=NC(=S)NC2=O)n1. The van der Waals surface area contributed by atoms with Gasteiger partial charge in [0.15, 0.2) is 5.11 Å². The number of amides is 1. The lowest BCUT2D eigenvalue weighted by molar-refractivity contribution is -0.113. The number of hydrogen-bond acceptors (Lipinski definition) is 3. The van der Waals surface area contributed by atoms with E-state index in [0.29, 0.717) is 12.1 Å². The molecule has 4 nitrogen and oxygen atoms in total. The fourth-order valence-electron chi connectivity index (χ4n) is 1.36. The van der Waals surface area contributed by atoms with Gasteiger partial charge in [0.1, 0.15) is 5.71 Å². The second kappa shape index (κ2) is 3.86. The van der Waals surface area contributed by atoms with E-state index in [-0.39, 0.29) is 11.0 Å². The van der Waals surface area contributed by atoms with Gasteiger partial charge in [0.25, 0.3) is 5.91 Å². The first-order valence-corrected chi connectivity index (χ1v) is 4.91. The summed E-state index contributed by atoms with van der Waals surface area (Å²) in [6.07, 6.45) is 0.424. The predicted molar refractivity (Wildman–Crippen MR) is 60.9 cm³/mol. The molecular weight excluding hydrogens is 210 g/mol. The van der Waals surface area contributed by atoms with Crippen molar-refractivity contribution in [2.75, 3.05) is 0 Å². The number of hydrogen-bond donors (Lipinski definition) is 1. The van der Waals surface area contributed by atoms with Crippen molar-refractivity contribution in [3.05, 3.63) is 29.6 Å². The molecule has 5 heteroatoms. The van der Waals surface area contributed by atoms with Gasteiger partial charge < -0.3 is 0 Å². The molecule has 2 heterocycles. The Labute approximate surface area is 92.4 Å². The Bertz CT molecular complexity index is 467. The lowest BCUT2D eigenvalue weighted by Crippen LogP contribution is -2.26. The minimum atomic E-state index is -0.219. The van der Waals surface area contributed by atoms with Crippen LogP contribution in [0.1, 0.15) is 11.4 Å². The van der Waals surface area contributed by atoms with Crippen LogP contribution in [0.4, 0.5) is 0 Å². The molecule has 1 aliphatic heterocycles. The van der Waals surface area contributed by atoms with Crippen molar-refractivity contribution < 1.29 is 4.79 Å². The van der Waals surface area contributed by atoms with E-state index in [9.17, 15) is 4.79 Å². The highest BCUT2D eigenvalue weighted by molar-refractivity contribution is 7.80. The van der Waals surface area contributed by atoms with Crippen molar-refractivity contribution >= 4 is 28.9 Å². The Morgan fingerprint density at radius 3 is 2.87 bits per heavy atom. The highest BCUT2D eigenvalue weighted by Crippen LogP contribution is 2.03. The lowest BCUT2D eigenvalue weighted by atomic mass is 10.2. The molecule has 2 rings (SSSR count). The zero-order valence-corrected chi connectivity index (χ0v) is 8.97. The molecule has 1 N–H and O–H groups in total. The van der Waals surface area contributed by atoms with Crippen molar-refractivity contribution in [1.82, 2.24) is 10.3 Å². The number of pyridine rings is 1. The molecule has 0 spiro atoms. The number of nitrogens with zero attached hydrogens (tertiary/aromatic N) is 2. The molecule has 15 heavy (non-hydrogen) atoms. The Morgan fingerprint density at radius 1 is 1.47 bits per heavy atom. The fraction of sp³-hybridized carbons (Fsp3) is 0.200. The number of rotatable bonds is 2. The monoisotopic (exact) mass is 219 g/mol. The number of aryl methyl sites for hydroxylation is 1. The van der Waals surface area contributed by atoms with Gasteiger partial charge >= 0.3 is 0 Å². The molecule has 0 aliphatic carbocycles. The second-order valence-electron chi connectivity index (χ2n) is 3.26. The third kappa shape index (κ3) is 2.24. The maximum absolute atomic E-state index is 11.3. The van der Waals surface area contributed by atoms with Crippen LogP contribution in [0.5, 0.6) is 0 Å². The van der Waals surface area contributed by atoms with E-state index in [2.05, 4.69) is 15.3 Å². The van der Waals surface area contributed by atoms with Gasteiger partial charge in [-0.2, -0.15) is 0 Å². The van der Waals surface area contributed by atoms with E-state index < -0.39 is 0 Å². The molecule has 1 aromatic rings. The van der Waals surface area contributed by atoms with Crippen LogP contribution in [-0.4, -0.2) is 21.7 Å². The summed E-state index contributed by atoms with van der Waals surface area (Å²) in [6, 6.07) is 5.68. The zero-order valence-electron chi connectivity index (χ0n) is 8.15. The normalized spacial score (nSPS) is 15.1. The summed E-state index contributed by atoms with van der Waals surface area (Å²) < 4.78 is 0. The van der Waals surface area contributed by atoms with Gasteiger partial charge in [-0.15, -0.1) is 0 Å². The zero-order chi connectivity index (χ0) is 10.8. The van der Waals surface area contributed by atoms with Crippen LogP contribution in [0, 0.1) is 6.92 Å². The van der Waals surface area contributed by atoms with Crippen molar-refractivity contribution in [1.29, 1.82) is 0 Å². The molecule has 0 aromatic carbocycles. The molecule has 0 bridgehead atoms. The molecule has 1 amide bonds. The summed E-state index contributed by atoms with van der Waals surface area (Å²) in [6.45, 7) is 1.91. The molecule has 1 aliphatic rings. The largest absolute Gasteiger partial charge is 0.296 e. The average molecular weight is 219 g/mol. The Balaban J connectivity index is 2.19. The van der Waals surface area contributed by atoms with Gasteiger partial charge in [-0.1, -0.05) is 6.07 Å². The molecular formula is C10H9N3OS. The predicted octanol–water partition coefficient (Wildman–Crippen LogP) is 0.788. The third-order valence-corrected chi connectivity index (χ3v) is 2.21. The summed E-state index contributed by atoms with van der Waals surface area (Å²) in [7, 11) is 0. The van der Waals surface area contributed by atoms with Crippen LogP contribution < -0.4 is 5.32 Å². The minimum Gasteiger partial charge on any atom is -0.296 e. The Hall–Kier alpha value is -1.62. The van der Waals surface area contributed by atoms with Crippen LogP contribution in [0.25, 0.3) is 0 Å². The number of aromatic nitrogens is 1. The van der Waals surface area contributed by atoms with Crippen LogP contribution in [-0.2, 0) is 11.2 Å². The fourth-order valence-corrected chi connectivity index (χ4v) is 1.56. The summed E-state index contributed by atoms with van der Waals surface area (Å²) in [5.41, 5.74) is 2.18. The highest BCUT2D eigenvalue weighted by Gasteiger charge is 2.20. The van der Waals surface area contributed by atoms with Crippen molar-refractivity contribution in [2.24, 2.45) is 4.99 Å². The van der Waals surface area contributed by atoms with Gasteiger partial charge in [0.2, 0.25) is 0 Å². The topological polar surface area (TPSA) is 54.4 Å². The van der Waals surface area contributed by atoms with Gasteiger partial charge in [-0.05, 0) is 31.3 Å². The number of aliphatic imine (C=N–C) groups is 1. The maximum atomic E-state index is 11.3. The Morgan fingerprint density at radius 2 is 2.27 bits per heavy atom. The van der Waals surface area contributed by atoms with Gasteiger partial charge in [0.05, 0.1) is 0 Å². The summed E-state index contributed by atoms with van der Waals surface area (Å²) in [4.78, 5) is 19.6.